The molecule has 0 aliphatic carbocycles. The molecule has 0 aromatic carbocycles. The van der Waals surface area contributed by atoms with Crippen molar-refractivity contribution in [1.82, 2.24) is 10.6 Å². The van der Waals surface area contributed by atoms with E-state index in [0.717, 1.165) is 0 Å². The van der Waals surface area contributed by atoms with Gasteiger partial charge in [-0.1, -0.05) is 39.3 Å². The Morgan fingerprint density at radius 3 is 1.34 bits per heavy atom. The summed E-state index contributed by atoms with van der Waals surface area (Å²) in [5.74, 6) is -1.21. The first-order chi connectivity index (χ1) is 15.6. The van der Waals surface area contributed by atoms with Crippen LogP contribution in [0.2, 0.25) is 39.3 Å². The molecule has 35 heavy (non-hydrogen) atoms. The number of halogens is 4. The minimum atomic E-state index is -5.04. The number of alkyl halides is 4. The molecule has 0 amide bonds. The molecule has 0 rings (SSSR count). The van der Waals surface area contributed by atoms with E-state index in [9.17, 15) is 26.0 Å². The van der Waals surface area contributed by atoms with Gasteiger partial charge in [-0.2, -0.15) is 8.42 Å². The van der Waals surface area contributed by atoms with Crippen LogP contribution in [-0.2, 0) is 18.8 Å². The van der Waals surface area contributed by atoms with Crippen LogP contribution in [0.15, 0.2) is 0 Å². The minimum Gasteiger partial charge on any atom is -0.308 e. The summed E-state index contributed by atoms with van der Waals surface area (Å²) < 4.78 is 87.6. The van der Waals surface area contributed by atoms with E-state index < -0.39 is 64.7 Å². The zero-order valence-corrected chi connectivity index (χ0v) is 24.8. The van der Waals surface area contributed by atoms with Gasteiger partial charge < -0.3 is 10.6 Å². The number of hydrogen-bond donors (Lipinski definition) is 2. The van der Waals surface area contributed by atoms with E-state index in [4.69, 9.17) is 0 Å². The highest BCUT2D eigenvalue weighted by Gasteiger charge is 2.36. The molecule has 0 aliphatic rings. The standard InChI is InChI=1S/C22H40F4N2O4SSi2/c1-19(11-9-13-34(3,4)5)27-15-21(23,24)17-31-33(29,30)32-18-22(25,26)16-28-20(2)12-10-14-35(6,7)8/h19-20,27-28H,11-12,15-18H2,1-8H3/t19-,20-/m1/s1. The molecule has 0 aromatic rings. The Morgan fingerprint density at radius 1 is 0.743 bits per heavy atom. The average Bonchev–Trinajstić information content (AvgIpc) is 2.67. The van der Waals surface area contributed by atoms with Gasteiger partial charge in [0.2, 0.25) is 0 Å². The van der Waals surface area contributed by atoms with E-state index in [1.807, 2.05) is 0 Å². The van der Waals surface area contributed by atoms with E-state index >= 15 is 0 Å². The molecule has 0 saturated heterocycles. The number of hydrogen-bond acceptors (Lipinski definition) is 6. The molecule has 0 unspecified atom stereocenters. The second-order valence-corrected chi connectivity index (χ2v) is 21.5. The summed E-state index contributed by atoms with van der Waals surface area (Å²) in [7, 11) is -8.16. The molecule has 0 aliphatic heterocycles. The van der Waals surface area contributed by atoms with Crippen molar-refractivity contribution in [2.45, 2.75) is 89.9 Å². The fourth-order valence-electron chi connectivity index (χ4n) is 2.18. The molecular weight excluding hydrogens is 520 g/mol. The van der Waals surface area contributed by atoms with Gasteiger partial charge in [0, 0.05) is 24.9 Å². The second kappa shape index (κ2) is 14.1. The van der Waals surface area contributed by atoms with Crippen molar-refractivity contribution in [3.63, 3.8) is 0 Å². The van der Waals surface area contributed by atoms with Gasteiger partial charge in [-0.05, 0) is 13.8 Å². The van der Waals surface area contributed by atoms with E-state index in [1.165, 1.54) is 0 Å². The molecule has 2 N–H and O–H groups in total. The van der Waals surface area contributed by atoms with Crippen LogP contribution in [0.5, 0.6) is 0 Å². The lowest BCUT2D eigenvalue weighted by molar-refractivity contribution is -0.0573. The van der Waals surface area contributed by atoms with E-state index in [-0.39, 0.29) is 12.1 Å². The average molecular weight is 561 g/mol. The highest BCUT2D eigenvalue weighted by atomic mass is 32.3. The topological polar surface area (TPSA) is 76.7 Å². The van der Waals surface area contributed by atoms with Crippen LogP contribution >= 0.6 is 0 Å². The Bertz CT molecular complexity index is 818. The molecule has 204 valence electrons. The summed E-state index contributed by atoms with van der Waals surface area (Å²) in [6, 6.07) is -0.708. The van der Waals surface area contributed by atoms with Crippen molar-refractivity contribution >= 4 is 26.5 Å². The summed E-state index contributed by atoms with van der Waals surface area (Å²) in [6.07, 6.45) is 0.713. The van der Waals surface area contributed by atoms with Crippen LogP contribution in [0.1, 0.15) is 26.7 Å². The van der Waals surface area contributed by atoms with E-state index in [1.54, 1.807) is 13.8 Å². The van der Waals surface area contributed by atoms with E-state index in [2.05, 4.69) is 81.2 Å². The number of rotatable bonds is 14. The Balaban J connectivity index is 4.50. The van der Waals surface area contributed by atoms with Crippen molar-refractivity contribution in [1.29, 1.82) is 0 Å². The fraction of sp³-hybridized carbons (Fsp3) is 0.818. The fourth-order valence-corrected chi connectivity index (χ4v) is 4.15. The van der Waals surface area contributed by atoms with Crippen molar-refractivity contribution in [2.75, 3.05) is 26.3 Å². The third kappa shape index (κ3) is 20.9. The monoisotopic (exact) mass is 560 g/mol. The highest BCUT2D eigenvalue weighted by molar-refractivity contribution is 7.81. The molecule has 0 saturated carbocycles. The van der Waals surface area contributed by atoms with E-state index in [0.29, 0.717) is 12.8 Å². The molecule has 0 aromatic heterocycles. The lowest BCUT2D eigenvalue weighted by Crippen LogP contribution is -2.42. The summed E-state index contributed by atoms with van der Waals surface area (Å²) in [5, 5.41) is 5.13. The molecule has 0 fully saturated rings. The zero-order valence-electron chi connectivity index (χ0n) is 22.0. The van der Waals surface area contributed by atoms with Gasteiger partial charge in [-0.3, -0.25) is 0 Å². The van der Waals surface area contributed by atoms with Gasteiger partial charge >= 0.3 is 10.4 Å². The predicted octanol–water partition coefficient (Wildman–Crippen LogP) is 4.03. The van der Waals surface area contributed by atoms with Gasteiger partial charge in [0.1, 0.15) is 29.4 Å². The van der Waals surface area contributed by atoms with Crippen LogP contribution < -0.4 is 10.6 Å². The van der Waals surface area contributed by atoms with Gasteiger partial charge in [-0.15, -0.1) is 22.9 Å². The summed E-state index contributed by atoms with van der Waals surface area (Å²) in [5.41, 5.74) is 6.24. The maximum absolute atomic E-state index is 14.0. The van der Waals surface area contributed by atoms with Crippen molar-refractivity contribution in [2.24, 2.45) is 0 Å². The summed E-state index contributed by atoms with van der Waals surface area (Å²) >= 11 is 0. The first-order valence-corrected chi connectivity index (χ1v) is 19.7. The highest BCUT2D eigenvalue weighted by Crippen LogP contribution is 2.18. The van der Waals surface area contributed by atoms with Crippen LogP contribution in [0.4, 0.5) is 17.6 Å². The normalized spacial score (nSPS) is 15.0. The van der Waals surface area contributed by atoms with Crippen LogP contribution in [0.25, 0.3) is 0 Å². The molecular formula is C22H40F4N2O4SSi2. The van der Waals surface area contributed by atoms with Gasteiger partial charge in [-0.25, -0.2) is 25.9 Å². The minimum absolute atomic E-state index is 0.354. The smallest absolute Gasteiger partial charge is 0.308 e. The molecule has 0 heterocycles. The quantitative estimate of drug-likeness (QED) is 0.190. The lowest BCUT2D eigenvalue weighted by Gasteiger charge is -2.21. The zero-order chi connectivity index (χ0) is 27.6. The third-order valence-electron chi connectivity index (χ3n) is 3.99. The number of nitrogens with one attached hydrogen (secondary N) is 2. The van der Waals surface area contributed by atoms with Crippen molar-refractivity contribution in [3.05, 3.63) is 0 Å². The van der Waals surface area contributed by atoms with Gasteiger partial charge in [0.15, 0.2) is 0 Å². The maximum atomic E-state index is 14.0. The molecule has 0 bridgehead atoms. The van der Waals surface area contributed by atoms with Crippen molar-refractivity contribution < 1.29 is 34.3 Å². The Kier molecular flexibility index (Phi) is 13.7. The lowest BCUT2D eigenvalue weighted by atomic mass is 10.2. The molecule has 0 radical (unpaired) electrons. The molecule has 0 spiro atoms. The summed E-state index contributed by atoms with van der Waals surface area (Å²) in [4.78, 5) is 0. The third-order valence-corrected chi connectivity index (χ3v) is 6.66. The first kappa shape index (κ1) is 34.1. The second-order valence-electron chi connectivity index (χ2n) is 10.7. The Labute approximate surface area is 210 Å². The largest absolute Gasteiger partial charge is 0.400 e. The predicted molar refractivity (Wildman–Crippen MR) is 137 cm³/mol. The Morgan fingerprint density at radius 2 is 1.06 bits per heavy atom. The molecule has 6 nitrogen and oxygen atoms in total. The SMILES string of the molecule is C[C@H](CC#C[Si](C)(C)C)NCC(F)(F)COS(=O)(=O)OCC(F)(F)CN[C@H](C)CC#C[Si](C)(C)C. The van der Waals surface area contributed by atoms with Crippen LogP contribution in [0.3, 0.4) is 0 Å². The van der Waals surface area contributed by atoms with Crippen LogP contribution in [-0.4, -0.2) is 74.8 Å². The van der Waals surface area contributed by atoms with Crippen molar-refractivity contribution in [3.8, 4) is 22.9 Å². The van der Waals surface area contributed by atoms with Gasteiger partial charge in [0.05, 0.1) is 13.1 Å². The van der Waals surface area contributed by atoms with Gasteiger partial charge in [0.25, 0.3) is 11.8 Å². The van der Waals surface area contributed by atoms with Crippen LogP contribution in [0, 0.1) is 22.9 Å². The Hall–Kier alpha value is -0.936. The molecule has 2 atom stereocenters. The maximum Gasteiger partial charge on any atom is 0.400 e. The summed E-state index contributed by atoms with van der Waals surface area (Å²) in [6.45, 7) is 10.9. The molecule has 13 heteroatoms. The first-order valence-electron chi connectivity index (χ1n) is 11.4.